The fourth-order valence-corrected chi connectivity index (χ4v) is 3.35. The topological polar surface area (TPSA) is 47.0 Å². The molecule has 3 heterocycles. The third kappa shape index (κ3) is 3.32. The van der Waals surface area contributed by atoms with Gasteiger partial charge in [0.05, 0.1) is 33.1 Å². The van der Waals surface area contributed by atoms with Crippen molar-refractivity contribution in [2.24, 2.45) is 0 Å². The molecule has 1 N–H and O–H groups in total. The summed E-state index contributed by atoms with van der Waals surface area (Å²) in [5, 5.41) is 3.32. The van der Waals surface area contributed by atoms with Crippen LogP contribution in [0.4, 0.5) is 0 Å². The number of ether oxygens (including phenoxy) is 1. The van der Waals surface area contributed by atoms with Crippen LogP contribution < -0.4 is 5.32 Å². The molecule has 0 saturated carbocycles. The van der Waals surface area contributed by atoms with E-state index in [1.54, 1.807) is 18.4 Å². The lowest BCUT2D eigenvalue weighted by Gasteiger charge is -2.05. The molecule has 3 aromatic rings. The molecule has 0 aromatic carbocycles. The molecule has 0 fully saturated rings. The van der Waals surface area contributed by atoms with Crippen molar-refractivity contribution >= 4 is 21.6 Å². The molecule has 3 aromatic heterocycles. The van der Waals surface area contributed by atoms with Crippen LogP contribution in [0.5, 0.6) is 0 Å². The first-order valence-corrected chi connectivity index (χ1v) is 8.10. The number of rotatable bonds is 6. The molecule has 5 heteroatoms. The molecule has 0 aliphatic rings. The number of hydrogen-bond acceptors (Lipinski definition) is 5. The highest BCUT2D eigenvalue weighted by molar-refractivity contribution is 7.22. The largest absolute Gasteiger partial charge is 0.383 e. The summed E-state index contributed by atoms with van der Waals surface area (Å²) in [4.78, 5) is 10.3. The molecule has 0 spiro atoms. The number of nitrogens with zero attached hydrogens (tertiary/aromatic N) is 2. The Morgan fingerprint density at radius 3 is 3.00 bits per heavy atom. The van der Waals surface area contributed by atoms with Crippen LogP contribution >= 0.6 is 11.3 Å². The van der Waals surface area contributed by atoms with E-state index >= 15 is 0 Å². The minimum atomic E-state index is 0.709. The van der Waals surface area contributed by atoms with Crippen molar-refractivity contribution < 1.29 is 4.74 Å². The van der Waals surface area contributed by atoms with Crippen molar-refractivity contribution in [2.75, 3.05) is 20.3 Å². The van der Waals surface area contributed by atoms with Crippen molar-refractivity contribution in [1.82, 2.24) is 15.3 Å². The normalized spacial score (nSPS) is 11.2. The Morgan fingerprint density at radius 1 is 1.27 bits per heavy atom. The lowest BCUT2D eigenvalue weighted by molar-refractivity contribution is 0.199. The maximum Gasteiger partial charge on any atom is 0.0819 e. The van der Waals surface area contributed by atoms with Crippen molar-refractivity contribution in [2.45, 2.75) is 13.5 Å². The average Bonchev–Trinajstić information content (AvgIpc) is 2.98. The van der Waals surface area contributed by atoms with Crippen LogP contribution in [0.3, 0.4) is 0 Å². The van der Waals surface area contributed by atoms with Crippen LogP contribution in [0.1, 0.15) is 11.3 Å². The Labute approximate surface area is 134 Å². The molecule has 0 atom stereocenters. The van der Waals surface area contributed by atoms with E-state index in [0.29, 0.717) is 6.61 Å². The lowest BCUT2D eigenvalue weighted by Crippen LogP contribution is -2.19. The zero-order valence-electron chi connectivity index (χ0n) is 12.8. The van der Waals surface area contributed by atoms with Crippen LogP contribution in [0, 0.1) is 6.92 Å². The van der Waals surface area contributed by atoms with Crippen molar-refractivity contribution in [3.63, 3.8) is 0 Å². The molecule has 114 valence electrons. The number of hydrogen-bond donors (Lipinski definition) is 1. The van der Waals surface area contributed by atoms with Gasteiger partial charge in [0.25, 0.3) is 0 Å². The molecule has 0 unspecified atom stereocenters. The number of nitrogens with one attached hydrogen (secondary N) is 1. The molecular formula is C17H19N3OS. The predicted molar refractivity (Wildman–Crippen MR) is 91.2 cm³/mol. The van der Waals surface area contributed by atoms with Crippen LogP contribution in [-0.4, -0.2) is 30.2 Å². The summed E-state index contributed by atoms with van der Waals surface area (Å²) in [6.07, 6.45) is 1.86. The van der Waals surface area contributed by atoms with Gasteiger partial charge in [-0.05, 0) is 36.8 Å². The van der Waals surface area contributed by atoms with E-state index in [1.165, 1.54) is 10.3 Å². The van der Waals surface area contributed by atoms with E-state index < -0.39 is 0 Å². The van der Waals surface area contributed by atoms with Gasteiger partial charge in [-0.2, -0.15) is 0 Å². The van der Waals surface area contributed by atoms with E-state index in [4.69, 9.17) is 9.72 Å². The number of aromatic nitrogens is 2. The Bertz CT molecular complexity index is 769. The van der Waals surface area contributed by atoms with Gasteiger partial charge in [-0.3, -0.25) is 9.97 Å². The number of methoxy groups -OCH3 is 1. The molecule has 0 aliphatic carbocycles. The molecule has 0 radical (unpaired) electrons. The highest BCUT2D eigenvalue weighted by Gasteiger charge is 2.08. The summed E-state index contributed by atoms with van der Waals surface area (Å²) in [6, 6.07) is 10.3. The first-order chi connectivity index (χ1) is 10.8. The first-order valence-electron chi connectivity index (χ1n) is 7.29. The minimum absolute atomic E-state index is 0.709. The molecule has 4 nitrogen and oxygen atoms in total. The molecule has 0 aliphatic heterocycles. The number of pyridine rings is 2. The van der Waals surface area contributed by atoms with Gasteiger partial charge >= 0.3 is 0 Å². The number of fused-ring (bicyclic) bond motifs is 1. The SMILES string of the molecule is COCCNCc1cccc(-c2cc3nccc(C)c3s2)n1. The van der Waals surface area contributed by atoms with E-state index in [-0.39, 0.29) is 0 Å². The predicted octanol–water partition coefficient (Wildman–Crippen LogP) is 3.40. The smallest absolute Gasteiger partial charge is 0.0819 e. The van der Waals surface area contributed by atoms with E-state index in [9.17, 15) is 0 Å². The summed E-state index contributed by atoms with van der Waals surface area (Å²) < 4.78 is 6.27. The van der Waals surface area contributed by atoms with Gasteiger partial charge in [-0.15, -0.1) is 11.3 Å². The van der Waals surface area contributed by atoms with E-state index in [1.807, 2.05) is 18.3 Å². The zero-order valence-corrected chi connectivity index (χ0v) is 13.6. The molecular weight excluding hydrogens is 294 g/mol. The second kappa shape index (κ2) is 6.96. The Morgan fingerprint density at radius 2 is 2.18 bits per heavy atom. The van der Waals surface area contributed by atoms with Gasteiger partial charge in [-0.25, -0.2) is 0 Å². The Kier molecular flexibility index (Phi) is 4.77. The molecule has 0 bridgehead atoms. The molecule has 0 amide bonds. The third-order valence-electron chi connectivity index (χ3n) is 3.46. The minimum Gasteiger partial charge on any atom is -0.383 e. The summed E-state index contributed by atoms with van der Waals surface area (Å²) in [7, 11) is 1.71. The van der Waals surface area contributed by atoms with Gasteiger partial charge in [0.15, 0.2) is 0 Å². The quantitative estimate of drug-likeness (QED) is 0.709. The number of thiophene rings is 1. The van der Waals surface area contributed by atoms with Crippen LogP contribution in [-0.2, 0) is 11.3 Å². The second-order valence-electron chi connectivity index (χ2n) is 5.14. The Balaban J connectivity index is 1.82. The third-order valence-corrected chi connectivity index (χ3v) is 4.74. The monoisotopic (exact) mass is 313 g/mol. The summed E-state index contributed by atoms with van der Waals surface area (Å²) >= 11 is 1.75. The average molecular weight is 313 g/mol. The fraction of sp³-hybridized carbons (Fsp3) is 0.294. The summed E-state index contributed by atoms with van der Waals surface area (Å²) in [5.41, 5.74) is 4.35. The van der Waals surface area contributed by atoms with Gasteiger partial charge < -0.3 is 10.1 Å². The maximum absolute atomic E-state index is 5.03. The summed E-state index contributed by atoms with van der Waals surface area (Å²) in [6.45, 7) is 4.41. The molecule has 22 heavy (non-hydrogen) atoms. The first kappa shape index (κ1) is 15.1. The van der Waals surface area contributed by atoms with Gasteiger partial charge in [0.1, 0.15) is 0 Å². The van der Waals surface area contributed by atoms with Crippen molar-refractivity contribution in [1.29, 1.82) is 0 Å². The second-order valence-corrected chi connectivity index (χ2v) is 6.19. The van der Waals surface area contributed by atoms with Gasteiger partial charge in [-0.1, -0.05) is 6.07 Å². The Hall–Kier alpha value is -1.82. The van der Waals surface area contributed by atoms with E-state index in [0.717, 1.165) is 34.9 Å². The van der Waals surface area contributed by atoms with Gasteiger partial charge in [0, 0.05) is 26.4 Å². The van der Waals surface area contributed by atoms with Crippen molar-refractivity contribution in [3.8, 4) is 10.6 Å². The van der Waals surface area contributed by atoms with Gasteiger partial charge in [0.2, 0.25) is 0 Å². The molecule has 0 saturated heterocycles. The summed E-state index contributed by atoms with van der Waals surface area (Å²) in [5.74, 6) is 0. The maximum atomic E-state index is 5.03. The highest BCUT2D eigenvalue weighted by Crippen LogP contribution is 2.33. The van der Waals surface area contributed by atoms with Crippen molar-refractivity contribution in [3.05, 3.63) is 47.8 Å². The fourth-order valence-electron chi connectivity index (χ4n) is 2.30. The molecule has 3 rings (SSSR count). The highest BCUT2D eigenvalue weighted by atomic mass is 32.1. The van der Waals surface area contributed by atoms with E-state index in [2.05, 4.69) is 35.4 Å². The lowest BCUT2D eigenvalue weighted by atomic mass is 10.2. The standard InChI is InChI=1S/C17H19N3OS/c1-12-6-7-19-15-10-16(22-17(12)15)14-5-3-4-13(20-14)11-18-8-9-21-2/h3-7,10,18H,8-9,11H2,1-2H3. The van der Waals surface area contributed by atoms with Crippen LogP contribution in [0.2, 0.25) is 0 Å². The van der Waals surface area contributed by atoms with Crippen LogP contribution in [0.25, 0.3) is 20.8 Å². The van der Waals surface area contributed by atoms with Crippen LogP contribution in [0.15, 0.2) is 36.5 Å². The zero-order chi connectivity index (χ0) is 15.4. The number of aryl methyl sites for hydroxylation is 1.